The molecule has 3 amide bonds. The van der Waals surface area contributed by atoms with Gasteiger partial charge in [0.25, 0.3) is 0 Å². The fourth-order valence-electron chi connectivity index (χ4n) is 4.96. The number of carbonyl (C=O) groups is 3. The Labute approximate surface area is 208 Å². The van der Waals surface area contributed by atoms with Gasteiger partial charge < -0.3 is 29.7 Å². The highest BCUT2D eigenvalue weighted by molar-refractivity contribution is 5.76. The molecule has 0 aromatic heterocycles. The number of halogens is 2. The molecule has 1 aliphatic carbocycles. The van der Waals surface area contributed by atoms with Crippen LogP contribution in [0.4, 0.5) is 13.6 Å². The van der Waals surface area contributed by atoms with E-state index in [9.17, 15) is 23.2 Å². The van der Waals surface area contributed by atoms with Gasteiger partial charge in [-0.1, -0.05) is 6.07 Å². The number of aliphatic carboxylic acids is 1. The number of piperidine rings is 1. The number of ether oxygens (including phenoxy) is 2. The van der Waals surface area contributed by atoms with E-state index in [1.165, 1.54) is 13.0 Å². The van der Waals surface area contributed by atoms with Crippen LogP contribution in [0.25, 0.3) is 0 Å². The number of likely N-dealkylation sites (tertiary alicyclic amines) is 2. The molecule has 2 heterocycles. The van der Waals surface area contributed by atoms with Crippen molar-refractivity contribution in [2.24, 2.45) is 11.8 Å². The molecule has 2 aliphatic heterocycles. The van der Waals surface area contributed by atoms with E-state index in [1.54, 1.807) is 21.9 Å². The highest BCUT2D eigenvalue weighted by Crippen LogP contribution is 2.38. The zero-order chi connectivity index (χ0) is 25.8. The summed E-state index contributed by atoms with van der Waals surface area (Å²) in [4.78, 5) is 39.4. The molecule has 0 bridgehead atoms. The first-order valence-electron chi connectivity index (χ1n) is 12.5. The SMILES string of the molecule is CC(=O)N1CC(c2ccc(OC(F)F)c(OCC3CC3)c2)C[C@@H]1CNC(=O)N1CCC(C(=O)O)CC1. The number of alkyl halides is 2. The van der Waals surface area contributed by atoms with E-state index in [4.69, 9.17) is 9.84 Å². The van der Waals surface area contributed by atoms with Crippen molar-refractivity contribution in [2.45, 2.75) is 57.6 Å². The summed E-state index contributed by atoms with van der Waals surface area (Å²) in [5.41, 5.74) is 0.859. The number of nitrogens with zero attached hydrogens (tertiary/aromatic N) is 2. The fraction of sp³-hybridized carbons (Fsp3) is 0.640. The second kappa shape index (κ2) is 11.3. The molecule has 3 aliphatic rings. The Bertz CT molecular complexity index is 965. The van der Waals surface area contributed by atoms with E-state index in [-0.39, 0.29) is 41.9 Å². The first-order valence-corrected chi connectivity index (χ1v) is 12.5. The van der Waals surface area contributed by atoms with Crippen LogP contribution < -0.4 is 14.8 Å². The van der Waals surface area contributed by atoms with E-state index >= 15 is 0 Å². The van der Waals surface area contributed by atoms with Crippen molar-refractivity contribution in [3.05, 3.63) is 23.8 Å². The van der Waals surface area contributed by atoms with Gasteiger partial charge in [0.2, 0.25) is 5.91 Å². The molecule has 2 saturated heterocycles. The average molecular weight is 510 g/mol. The molecule has 1 unspecified atom stereocenters. The van der Waals surface area contributed by atoms with Gasteiger partial charge in [-0.05, 0) is 55.7 Å². The van der Waals surface area contributed by atoms with Crippen molar-refractivity contribution in [3.8, 4) is 11.5 Å². The lowest BCUT2D eigenvalue weighted by molar-refractivity contribution is -0.143. The molecule has 3 fully saturated rings. The summed E-state index contributed by atoms with van der Waals surface area (Å²) in [5, 5.41) is 12.0. The highest BCUT2D eigenvalue weighted by Gasteiger charge is 2.36. The minimum Gasteiger partial charge on any atom is -0.489 e. The molecular formula is C25H33F2N3O6. The monoisotopic (exact) mass is 509 g/mol. The Kier molecular flexibility index (Phi) is 8.15. The first kappa shape index (κ1) is 26.0. The van der Waals surface area contributed by atoms with Crippen molar-refractivity contribution in [1.29, 1.82) is 0 Å². The topological polar surface area (TPSA) is 108 Å². The Balaban J connectivity index is 1.38. The van der Waals surface area contributed by atoms with Crippen LogP contribution in [0, 0.1) is 11.8 Å². The molecule has 0 spiro atoms. The number of carboxylic acid groups (broad SMARTS) is 1. The number of rotatable bonds is 9. The number of carboxylic acids is 1. The smallest absolute Gasteiger partial charge is 0.387 e. The largest absolute Gasteiger partial charge is 0.489 e. The number of urea groups is 1. The zero-order valence-corrected chi connectivity index (χ0v) is 20.3. The van der Waals surface area contributed by atoms with Crippen LogP contribution >= 0.6 is 0 Å². The molecule has 36 heavy (non-hydrogen) atoms. The van der Waals surface area contributed by atoms with E-state index in [2.05, 4.69) is 10.1 Å². The zero-order valence-electron chi connectivity index (χ0n) is 20.3. The lowest BCUT2D eigenvalue weighted by Crippen LogP contribution is -2.49. The predicted octanol–water partition coefficient (Wildman–Crippen LogP) is 3.29. The van der Waals surface area contributed by atoms with Gasteiger partial charge in [-0.3, -0.25) is 9.59 Å². The normalized spacial score (nSPS) is 22.6. The number of hydrogen-bond donors (Lipinski definition) is 2. The third-order valence-corrected chi connectivity index (χ3v) is 7.27. The Morgan fingerprint density at radius 2 is 1.86 bits per heavy atom. The van der Waals surface area contributed by atoms with Crippen LogP contribution in [-0.4, -0.2) is 78.3 Å². The van der Waals surface area contributed by atoms with Gasteiger partial charge in [-0.2, -0.15) is 8.78 Å². The van der Waals surface area contributed by atoms with Crippen LogP contribution in [-0.2, 0) is 9.59 Å². The molecular weight excluding hydrogens is 476 g/mol. The molecule has 1 aromatic carbocycles. The van der Waals surface area contributed by atoms with Gasteiger partial charge >= 0.3 is 18.6 Å². The van der Waals surface area contributed by atoms with E-state index < -0.39 is 18.5 Å². The van der Waals surface area contributed by atoms with E-state index in [0.717, 1.165) is 18.4 Å². The molecule has 1 aromatic rings. The lowest BCUT2D eigenvalue weighted by atomic mass is 9.96. The van der Waals surface area contributed by atoms with Gasteiger partial charge in [0, 0.05) is 45.1 Å². The molecule has 11 heteroatoms. The minimum atomic E-state index is -2.96. The van der Waals surface area contributed by atoms with Crippen LogP contribution in [0.15, 0.2) is 18.2 Å². The third kappa shape index (κ3) is 6.55. The lowest BCUT2D eigenvalue weighted by Gasteiger charge is -2.31. The van der Waals surface area contributed by atoms with Crippen molar-refractivity contribution >= 4 is 17.9 Å². The summed E-state index contributed by atoms with van der Waals surface area (Å²) >= 11 is 0. The number of benzene rings is 1. The van der Waals surface area contributed by atoms with Gasteiger partial charge in [0.05, 0.1) is 12.5 Å². The van der Waals surface area contributed by atoms with Crippen molar-refractivity contribution in [3.63, 3.8) is 0 Å². The number of amides is 3. The van der Waals surface area contributed by atoms with Crippen molar-refractivity contribution in [1.82, 2.24) is 15.1 Å². The minimum absolute atomic E-state index is 0.00805. The molecule has 198 valence electrons. The van der Waals surface area contributed by atoms with Crippen LogP contribution in [0.3, 0.4) is 0 Å². The predicted molar refractivity (Wildman–Crippen MR) is 125 cm³/mol. The standard InChI is InChI=1S/C25H33F2N3O6/c1-15(31)30-13-19(10-20(30)12-28-25(34)29-8-6-17(7-9-29)23(32)33)18-4-5-21(36-24(26)27)22(11-18)35-14-16-2-3-16/h4-5,11,16-17,19-20,24H,2-3,6-10,12-14H2,1H3,(H,28,34)(H,32,33)/t19?,20-/m1/s1. The maximum Gasteiger partial charge on any atom is 0.387 e. The molecule has 9 nitrogen and oxygen atoms in total. The van der Waals surface area contributed by atoms with Crippen molar-refractivity contribution in [2.75, 3.05) is 32.8 Å². The van der Waals surface area contributed by atoms with Crippen molar-refractivity contribution < 1.29 is 37.7 Å². The quantitative estimate of drug-likeness (QED) is 0.529. The number of nitrogens with one attached hydrogen (secondary N) is 1. The molecule has 1 saturated carbocycles. The molecule has 0 radical (unpaired) electrons. The summed E-state index contributed by atoms with van der Waals surface area (Å²) in [5.74, 6) is -0.710. The van der Waals surface area contributed by atoms with Crippen LogP contribution in [0.5, 0.6) is 11.5 Å². The summed E-state index contributed by atoms with van der Waals surface area (Å²) in [6, 6.07) is 4.43. The molecule has 4 rings (SSSR count). The second-order valence-electron chi connectivity index (χ2n) is 9.88. The Morgan fingerprint density at radius 3 is 2.47 bits per heavy atom. The van der Waals surface area contributed by atoms with Gasteiger partial charge in [-0.25, -0.2) is 4.79 Å². The number of hydrogen-bond acceptors (Lipinski definition) is 5. The molecule has 2 N–H and O–H groups in total. The summed E-state index contributed by atoms with van der Waals surface area (Å²) in [6.45, 7) is 0.444. The molecule has 2 atom stereocenters. The van der Waals surface area contributed by atoms with Crippen LogP contribution in [0.2, 0.25) is 0 Å². The average Bonchev–Trinajstić information content (AvgIpc) is 3.58. The summed E-state index contributed by atoms with van der Waals surface area (Å²) < 4.78 is 36.1. The van der Waals surface area contributed by atoms with E-state index in [1.807, 2.05) is 0 Å². The van der Waals surface area contributed by atoms with Gasteiger partial charge in [0.15, 0.2) is 11.5 Å². The Morgan fingerprint density at radius 1 is 1.14 bits per heavy atom. The third-order valence-electron chi connectivity index (χ3n) is 7.27. The highest BCUT2D eigenvalue weighted by atomic mass is 19.3. The summed E-state index contributed by atoms with van der Waals surface area (Å²) in [6.07, 6.45) is 3.56. The Hall–Kier alpha value is -3.11. The number of carbonyl (C=O) groups excluding carboxylic acids is 2. The van der Waals surface area contributed by atoms with E-state index in [0.29, 0.717) is 51.4 Å². The maximum atomic E-state index is 12.9. The van der Waals surface area contributed by atoms with Gasteiger partial charge in [-0.15, -0.1) is 0 Å². The second-order valence-corrected chi connectivity index (χ2v) is 9.88. The fourth-order valence-corrected chi connectivity index (χ4v) is 4.96. The summed E-state index contributed by atoms with van der Waals surface area (Å²) in [7, 11) is 0. The maximum absolute atomic E-state index is 12.9. The van der Waals surface area contributed by atoms with Gasteiger partial charge in [0.1, 0.15) is 0 Å². The first-order chi connectivity index (χ1) is 17.2. The van der Waals surface area contributed by atoms with Crippen LogP contribution in [0.1, 0.15) is 50.5 Å².